The van der Waals surface area contributed by atoms with Gasteiger partial charge in [0, 0.05) is 30.8 Å². The van der Waals surface area contributed by atoms with Crippen LogP contribution >= 0.6 is 0 Å². The third-order valence-electron chi connectivity index (χ3n) is 3.01. The summed E-state index contributed by atoms with van der Waals surface area (Å²) in [6.45, 7) is 1.90. The maximum absolute atomic E-state index is 11.4. The molecule has 0 N–H and O–H groups in total. The summed E-state index contributed by atoms with van der Waals surface area (Å²) in [6, 6.07) is 8.67. The summed E-state index contributed by atoms with van der Waals surface area (Å²) in [5.41, 5.74) is 2.04. The smallest absolute Gasteiger partial charge is 0.162 e. The van der Waals surface area contributed by atoms with E-state index in [-0.39, 0.29) is 5.78 Å². The van der Waals surface area contributed by atoms with Gasteiger partial charge in [0.25, 0.3) is 0 Å². The Balaban J connectivity index is 2.12. The molecule has 0 atom stereocenters. The molecule has 1 saturated carbocycles. The zero-order valence-corrected chi connectivity index (χ0v) is 9.36. The molecule has 0 radical (unpaired) electrons. The van der Waals surface area contributed by atoms with Crippen LogP contribution in [-0.2, 0) is 0 Å². The predicted molar refractivity (Wildman–Crippen MR) is 62.5 cm³/mol. The van der Waals surface area contributed by atoms with Crippen molar-refractivity contribution in [2.24, 2.45) is 0 Å². The van der Waals surface area contributed by atoms with Crippen molar-refractivity contribution in [2.75, 3.05) is 11.9 Å². The lowest BCUT2D eigenvalue weighted by Crippen LogP contribution is -2.19. The first-order valence-corrected chi connectivity index (χ1v) is 5.58. The highest BCUT2D eigenvalue weighted by molar-refractivity contribution is 5.96. The van der Waals surface area contributed by atoms with Crippen LogP contribution in [0.5, 0.6) is 0 Å². The molecule has 0 unspecified atom stereocenters. The Labute approximate surface area is 90.9 Å². The summed E-state index contributed by atoms with van der Waals surface area (Å²) in [7, 11) is 2.12. The van der Waals surface area contributed by atoms with Gasteiger partial charge in [-0.15, -0.1) is 0 Å². The van der Waals surface area contributed by atoms with Crippen molar-refractivity contribution in [1.29, 1.82) is 0 Å². The van der Waals surface area contributed by atoms with Crippen molar-refractivity contribution < 1.29 is 4.79 Å². The van der Waals surface area contributed by atoms with Gasteiger partial charge in [0.2, 0.25) is 0 Å². The molecular formula is C13H17NO. The van der Waals surface area contributed by atoms with E-state index in [4.69, 9.17) is 0 Å². The van der Waals surface area contributed by atoms with E-state index in [1.807, 2.05) is 31.2 Å². The van der Waals surface area contributed by atoms with Gasteiger partial charge < -0.3 is 4.90 Å². The summed E-state index contributed by atoms with van der Waals surface area (Å²) in [4.78, 5) is 13.7. The molecular weight excluding hydrogens is 186 g/mol. The standard InChI is InChI=1S/C13H17NO/c1-3-13(15)10-4-6-11(7-5-10)14(2)12-8-9-12/h4-7,12H,3,8-9H2,1-2H3. The average Bonchev–Trinajstić information content (AvgIpc) is 3.11. The number of anilines is 1. The van der Waals surface area contributed by atoms with Crippen LogP contribution in [0.3, 0.4) is 0 Å². The molecule has 80 valence electrons. The minimum absolute atomic E-state index is 0.218. The summed E-state index contributed by atoms with van der Waals surface area (Å²) in [5, 5.41) is 0. The van der Waals surface area contributed by atoms with Crippen LogP contribution in [-0.4, -0.2) is 18.9 Å². The van der Waals surface area contributed by atoms with Gasteiger partial charge in [0.05, 0.1) is 0 Å². The highest BCUT2D eigenvalue weighted by Crippen LogP contribution is 2.30. The second-order valence-corrected chi connectivity index (χ2v) is 4.17. The Kier molecular flexibility index (Phi) is 2.76. The monoisotopic (exact) mass is 203 g/mol. The summed E-state index contributed by atoms with van der Waals surface area (Å²) < 4.78 is 0. The molecule has 15 heavy (non-hydrogen) atoms. The van der Waals surface area contributed by atoms with Gasteiger partial charge >= 0.3 is 0 Å². The Hall–Kier alpha value is -1.31. The molecule has 2 nitrogen and oxygen atoms in total. The second kappa shape index (κ2) is 4.05. The van der Waals surface area contributed by atoms with Crippen molar-refractivity contribution in [3.63, 3.8) is 0 Å². The quantitative estimate of drug-likeness (QED) is 0.701. The fraction of sp³-hybridized carbons (Fsp3) is 0.462. The Morgan fingerprint density at radius 3 is 2.40 bits per heavy atom. The van der Waals surface area contributed by atoms with Gasteiger partial charge in [-0.05, 0) is 37.1 Å². The molecule has 1 aromatic rings. The SMILES string of the molecule is CCC(=O)c1ccc(N(C)C2CC2)cc1. The number of Topliss-reactive ketones (excluding diaryl/α,β-unsaturated/α-hetero) is 1. The van der Waals surface area contributed by atoms with Gasteiger partial charge in [-0.25, -0.2) is 0 Å². The van der Waals surface area contributed by atoms with E-state index in [2.05, 4.69) is 11.9 Å². The minimum atomic E-state index is 0.218. The van der Waals surface area contributed by atoms with Crippen LogP contribution in [0.25, 0.3) is 0 Å². The van der Waals surface area contributed by atoms with Gasteiger partial charge in [-0.1, -0.05) is 6.92 Å². The van der Waals surface area contributed by atoms with E-state index < -0.39 is 0 Å². The van der Waals surface area contributed by atoms with E-state index in [0.29, 0.717) is 6.42 Å². The molecule has 1 aromatic carbocycles. The zero-order chi connectivity index (χ0) is 10.8. The van der Waals surface area contributed by atoms with Crippen LogP contribution in [0.1, 0.15) is 36.5 Å². The van der Waals surface area contributed by atoms with E-state index in [1.54, 1.807) is 0 Å². The molecule has 2 rings (SSSR count). The molecule has 0 bridgehead atoms. The molecule has 1 aliphatic carbocycles. The van der Waals surface area contributed by atoms with E-state index in [0.717, 1.165) is 11.6 Å². The van der Waals surface area contributed by atoms with Crippen molar-refractivity contribution >= 4 is 11.5 Å². The van der Waals surface area contributed by atoms with Crippen LogP contribution in [0, 0.1) is 0 Å². The van der Waals surface area contributed by atoms with Crippen molar-refractivity contribution in [1.82, 2.24) is 0 Å². The van der Waals surface area contributed by atoms with Crippen LogP contribution in [0.2, 0.25) is 0 Å². The first-order chi connectivity index (χ1) is 7.22. The molecule has 0 spiro atoms. The second-order valence-electron chi connectivity index (χ2n) is 4.17. The maximum Gasteiger partial charge on any atom is 0.162 e. The average molecular weight is 203 g/mol. The molecule has 0 aliphatic heterocycles. The normalized spacial score (nSPS) is 15.1. The third kappa shape index (κ3) is 2.20. The maximum atomic E-state index is 11.4. The van der Waals surface area contributed by atoms with Crippen LogP contribution in [0.15, 0.2) is 24.3 Å². The van der Waals surface area contributed by atoms with E-state index >= 15 is 0 Å². The van der Waals surface area contributed by atoms with E-state index in [9.17, 15) is 4.79 Å². The molecule has 2 heteroatoms. The first kappa shape index (κ1) is 10.2. The van der Waals surface area contributed by atoms with E-state index in [1.165, 1.54) is 18.5 Å². The Morgan fingerprint density at radius 1 is 1.33 bits per heavy atom. The summed E-state index contributed by atoms with van der Waals surface area (Å²) in [6.07, 6.45) is 3.18. The largest absolute Gasteiger partial charge is 0.372 e. The number of carbonyl (C=O) groups is 1. The molecule has 1 aliphatic rings. The first-order valence-electron chi connectivity index (χ1n) is 5.58. The van der Waals surface area contributed by atoms with Crippen molar-refractivity contribution in [3.8, 4) is 0 Å². The lowest BCUT2D eigenvalue weighted by atomic mass is 10.1. The molecule has 0 saturated heterocycles. The number of benzene rings is 1. The zero-order valence-electron chi connectivity index (χ0n) is 9.36. The van der Waals surface area contributed by atoms with Gasteiger partial charge in [0.1, 0.15) is 0 Å². The van der Waals surface area contributed by atoms with Crippen molar-refractivity contribution in [3.05, 3.63) is 29.8 Å². The van der Waals surface area contributed by atoms with Gasteiger partial charge in [-0.3, -0.25) is 4.79 Å². The number of carbonyl (C=O) groups excluding carboxylic acids is 1. The summed E-state index contributed by atoms with van der Waals surface area (Å²) >= 11 is 0. The highest BCUT2D eigenvalue weighted by Gasteiger charge is 2.26. The van der Waals surface area contributed by atoms with Crippen molar-refractivity contribution in [2.45, 2.75) is 32.2 Å². The Bertz CT molecular complexity index is 351. The lowest BCUT2D eigenvalue weighted by molar-refractivity contribution is 0.0988. The molecule has 1 fully saturated rings. The highest BCUT2D eigenvalue weighted by atomic mass is 16.1. The molecule has 0 amide bonds. The Morgan fingerprint density at radius 2 is 1.93 bits per heavy atom. The van der Waals surface area contributed by atoms with Gasteiger partial charge in [-0.2, -0.15) is 0 Å². The minimum Gasteiger partial charge on any atom is -0.372 e. The number of hydrogen-bond acceptors (Lipinski definition) is 2. The van der Waals surface area contributed by atoms with Crippen LogP contribution < -0.4 is 4.90 Å². The molecule has 0 aromatic heterocycles. The fourth-order valence-electron chi connectivity index (χ4n) is 1.76. The lowest BCUT2D eigenvalue weighted by Gasteiger charge is -2.18. The topological polar surface area (TPSA) is 20.3 Å². The number of hydrogen-bond donors (Lipinski definition) is 0. The number of ketones is 1. The van der Waals surface area contributed by atoms with Crippen LogP contribution in [0.4, 0.5) is 5.69 Å². The third-order valence-corrected chi connectivity index (χ3v) is 3.01. The number of nitrogens with zero attached hydrogens (tertiary/aromatic N) is 1. The van der Waals surface area contributed by atoms with Gasteiger partial charge in [0.15, 0.2) is 5.78 Å². The predicted octanol–water partition coefficient (Wildman–Crippen LogP) is 2.88. The number of rotatable bonds is 4. The molecule has 0 heterocycles. The fourth-order valence-corrected chi connectivity index (χ4v) is 1.76. The summed E-state index contributed by atoms with van der Waals surface area (Å²) in [5.74, 6) is 0.218.